The van der Waals surface area contributed by atoms with Crippen molar-refractivity contribution in [2.45, 2.75) is 7.43 Å². The van der Waals surface area contributed by atoms with Crippen LogP contribution in [0.1, 0.15) is 7.43 Å². The highest BCUT2D eigenvalue weighted by Gasteiger charge is 2.18. The van der Waals surface area contributed by atoms with E-state index in [-0.39, 0.29) is 7.43 Å². The molecule has 0 aliphatic heterocycles. The van der Waals surface area contributed by atoms with E-state index in [4.69, 9.17) is 0 Å². The van der Waals surface area contributed by atoms with E-state index in [1.165, 1.54) is 127 Å². The normalized spacial score (nSPS) is 11.1. The molecule has 3 heterocycles. The second-order valence-corrected chi connectivity index (χ2v) is 25.9. The highest BCUT2D eigenvalue weighted by molar-refractivity contribution is 9.11. The van der Waals surface area contributed by atoms with Crippen LogP contribution in [0.25, 0.3) is 138 Å². The standard InChI is InChI=1S/C48H30S2.C18H13BO2S.C12H8Br2.CH4/c1-3-19-39(35(17-1)31-13-9-15-33(29-31)37-23-11-25-43-41-21-5-7-27-45(41)49-47(37)43)40-20-4-2-18-36(40)32-14-10-16-34(30-32)38-24-12-26-44-42-22-6-8-28-46(42)50-48(38)44;20-19(21)13-6-3-5-12(11-13)14-8-4-9-16-15-7-1-2-10-17(15)22-18(14)16;13-11-7-3-1-5-9(11)10-6-2-4-8-12(10)14;/h1-30H;1-11,20-21H;1-8H;1H4. The first-order chi connectivity index (χ1) is 42.3. The van der Waals surface area contributed by atoms with Crippen LogP contribution in [0.3, 0.4) is 0 Å². The van der Waals surface area contributed by atoms with Gasteiger partial charge in [0.25, 0.3) is 0 Å². The number of thiophene rings is 3. The van der Waals surface area contributed by atoms with Crippen LogP contribution < -0.4 is 5.46 Å². The van der Waals surface area contributed by atoms with Gasteiger partial charge in [-0.25, -0.2) is 0 Å². The van der Waals surface area contributed by atoms with Crippen LogP contribution in [0, 0.1) is 0 Å². The first-order valence-corrected chi connectivity index (χ1v) is 32.4. The number of fused-ring (bicyclic) bond motifs is 9. The molecule has 0 aliphatic carbocycles. The van der Waals surface area contributed by atoms with Gasteiger partial charge in [-0.15, -0.1) is 34.0 Å². The molecule has 0 radical (unpaired) electrons. The van der Waals surface area contributed by atoms with E-state index < -0.39 is 7.12 Å². The predicted molar refractivity (Wildman–Crippen MR) is 388 cm³/mol. The molecule has 2 nitrogen and oxygen atoms in total. The Kier molecular flexibility index (Phi) is 16.8. The lowest BCUT2D eigenvalue weighted by molar-refractivity contribution is 0.426. The summed E-state index contributed by atoms with van der Waals surface area (Å²) in [5.41, 5.74) is 17.5. The molecule has 0 atom stereocenters. The van der Waals surface area contributed by atoms with Crippen molar-refractivity contribution in [3.8, 4) is 77.9 Å². The zero-order valence-electron chi connectivity index (χ0n) is 46.2. The SMILES string of the molecule is Brc1ccccc1-c1ccccc1Br.C.OB(O)c1cccc(-c2cccc3c2sc2ccccc23)c1.c1cc(-c2ccccc2-c2ccccc2-c2cccc(-c3cccc4c3sc3ccccc34)c2)cc(-c2cccc3c2sc2ccccc23)c1. The van der Waals surface area contributed by atoms with Gasteiger partial charge in [-0.1, -0.05) is 294 Å². The first kappa shape index (κ1) is 57.5. The lowest BCUT2D eigenvalue weighted by Crippen LogP contribution is -2.29. The van der Waals surface area contributed by atoms with Crippen LogP contribution in [0.15, 0.2) is 306 Å². The Bertz CT molecular complexity index is 4930. The van der Waals surface area contributed by atoms with E-state index in [9.17, 15) is 10.0 Å². The van der Waals surface area contributed by atoms with E-state index in [0.717, 1.165) is 20.1 Å². The summed E-state index contributed by atoms with van der Waals surface area (Å²) >= 11 is 12.6. The molecule has 0 saturated heterocycles. The summed E-state index contributed by atoms with van der Waals surface area (Å²) in [6.07, 6.45) is 0. The van der Waals surface area contributed by atoms with Gasteiger partial charge in [0.05, 0.1) is 0 Å². The quantitative estimate of drug-likeness (QED) is 0.149. The molecule has 0 aliphatic rings. The predicted octanol–water partition coefficient (Wildman–Crippen LogP) is 23.7. The maximum absolute atomic E-state index is 9.38. The minimum atomic E-state index is -1.44. The van der Waals surface area contributed by atoms with Crippen LogP contribution in [0.4, 0.5) is 0 Å². The molecular formula is C79H55BBr2O2S3. The zero-order valence-corrected chi connectivity index (χ0v) is 51.9. The van der Waals surface area contributed by atoms with Crippen molar-refractivity contribution in [2.75, 3.05) is 0 Å². The van der Waals surface area contributed by atoms with Crippen molar-refractivity contribution in [1.29, 1.82) is 0 Å². The molecule has 13 aromatic carbocycles. The monoisotopic (exact) mass is 1300 g/mol. The largest absolute Gasteiger partial charge is 0.488 e. The maximum Gasteiger partial charge on any atom is 0.488 e. The molecule has 16 rings (SSSR count). The topological polar surface area (TPSA) is 40.5 Å². The second kappa shape index (κ2) is 25.4. The minimum absolute atomic E-state index is 0. The Hall–Kier alpha value is -8.54. The molecule has 0 saturated carbocycles. The lowest BCUT2D eigenvalue weighted by atomic mass is 9.79. The Morgan fingerprint density at radius 1 is 0.241 bits per heavy atom. The van der Waals surface area contributed by atoms with Crippen molar-refractivity contribution in [1.82, 2.24) is 0 Å². The molecule has 2 N–H and O–H groups in total. The summed E-state index contributed by atoms with van der Waals surface area (Å²) in [7, 11) is -1.44. The van der Waals surface area contributed by atoms with Gasteiger partial charge in [-0.2, -0.15) is 0 Å². The molecule has 3 aromatic heterocycles. The van der Waals surface area contributed by atoms with Crippen molar-refractivity contribution in [3.05, 3.63) is 306 Å². The van der Waals surface area contributed by atoms with Crippen LogP contribution in [0.2, 0.25) is 0 Å². The third-order valence-corrected chi connectivity index (χ3v) is 20.9. The van der Waals surface area contributed by atoms with Gasteiger partial charge in [0.15, 0.2) is 0 Å². The zero-order chi connectivity index (χ0) is 58.1. The average molecular weight is 1300 g/mol. The van der Waals surface area contributed by atoms with Gasteiger partial charge in [0.2, 0.25) is 0 Å². The summed E-state index contributed by atoms with van der Waals surface area (Å²) in [5.74, 6) is 0. The van der Waals surface area contributed by atoms with Crippen LogP contribution in [-0.2, 0) is 0 Å². The molecular weight excluding hydrogens is 1250 g/mol. The van der Waals surface area contributed by atoms with E-state index in [1.54, 1.807) is 17.4 Å². The highest BCUT2D eigenvalue weighted by Crippen LogP contribution is 2.46. The molecule has 87 heavy (non-hydrogen) atoms. The van der Waals surface area contributed by atoms with E-state index in [1.807, 2.05) is 65.1 Å². The van der Waals surface area contributed by atoms with Crippen LogP contribution >= 0.6 is 65.9 Å². The van der Waals surface area contributed by atoms with Gasteiger partial charge in [0, 0.05) is 69.5 Å². The van der Waals surface area contributed by atoms with E-state index in [0.29, 0.717) is 5.46 Å². The lowest BCUT2D eigenvalue weighted by Gasteiger charge is -2.16. The number of rotatable bonds is 8. The van der Waals surface area contributed by atoms with Crippen molar-refractivity contribution in [2.24, 2.45) is 0 Å². The summed E-state index contributed by atoms with van der Waals surface area (Å²) in [5, 5.41) is 26.6. The fourth-order valence-electron chi connectivity index (χ4n) is 11.8. The second-order valence-electron chi connectivity index (χ2n) is 21.1. The van der Waals surface area contributed by atoms with E-state index in [2.05, 4.69) is 281 Å². The summed E-state index contributed by atoms with van der Waals surface area (Å²) in [6.45, 7) is 0. The van der Waals surface area contributed by atoms with Crippen molar-refractivity contribution >= 4 is 139 Å². The molecule has 0 unspecified atom stereocenters. The molecule has 0 fully saturated rings. The van der Waals surface area contributed by atoms with Gasteiger partial charge >= 0.3 is 7.12 Å². The van der Waals surface area contributed by atoms with Crippen LogP contribution in [-0.4, -0.2) is 17.2 Å². The Labute approximate surface area is 536 Å². The third kappa shape index (κ3) is 11.4. The third-order valence-electron chi connectivity index (χ3n) is 15.9. The minimum Gasteiger partial charge on any atom is -0.423 e. The molecule has 418 valence electrons. The summed E-state index contributed by atoms with van der Waals surface area (Å²) in [4.78, 5) is 0. The first-order valence-electron chi connectivity index (χ1n) is 28.4. The van der Waals surface area contributed by atoms with Crippen molar-refractivity contribution in [3.63, 3.8) is 0 Å². The Morgan fingerprint density at radius 2 is 0.506 bits per heavy atom. The molecule has 0 spiro atoms. The van der Waals surface area contributed by atoms with Gasteiger partial charge < -0.3 is 10.0 Å². The molecule has 16 aromatic rings. The smallest absolute Gasteiger partial charge is 0.423 e. The number of hydrogen-bond donors (Lipinski definition) is 2. The number of benzene rings is 13. The Balaban J connectivity index is 0.000000154. The molecule has 0 bridgehead atoms. The van der Waals surface area contributed by atoms with Crippen molar-refractivity contribution < 1.29 is 10.0 Å². The highest BCUT2D eigenvalue weighted by atomic mass is 79.9. The number of hydrogen-bond acceptors (Lipinski definition) is 5. The number of halogens is 2. The van der Waals surface area contributed by atoms with Gasteiger partial charge in [-0.05, 0) is 126 Å². The summed E-state index contributed by atoms with van der Waals surface area (Å²) < 4.78 is 10.1. The molecule has 8 heteroatoms. The fourth-order valence-corrected chi connectivity index (χ4v) is 16.5. The van der Waals surface area contributed by atoms with E-state index >= 15 is 0 Å². The maximum atomic E-state index is 9.38. The van der Waals surface area contributed by atoms with Gasteiger partial charge in [-0.3, -0.25) is 0 Å². The fraction of sp³-hybridized carbons (Fsp3) is 0.0127. The average Bonchev–Trinajstić information content (AvgIpc) is 1.90. The van der Waals surface area contributed by atoms with Gasteiger partial charge in [0.1, 0.15) is 0 Å². The molecule has 0 amide bonds. The Morgan fingerprint density at radius 3 is 0.874 bits per heavy atom. The van der Waals surface area contributed by atoms with Crippen LogP contribution in [0.5, 0.6) is 0 Å². The summed E-state index contributed by atoms with van der Waals surface area (Å²) in [6, 6.07) is 105.